The summed E-state index contributed by atoms with van der Waals surface area (Å²) in [5.74, 6) is -1.47. The molecule has 8 nitrogen and oxygen atoms in total. The molecule has 5 rings (SSSR count). The van der Waals surface area contributed by atoms with E-state index >= 15 is 0 Å². The van der Waals surface area contributed by atoms with Gasteiger partial charge in [-0.2, -0.15) is 0 Å². The zero-order chi connectivity index (χ0) is 26.1. The molecular weight excluding hydrogens is 468 g/mol. The number of Topliss-reactive ketones (excluding diaryl/α,β-unsaturated/α-hetero) is 1. The van der Waals surface area contributed by atoms with Crippen LogP contribution in [0, 0.1) is 13.8 Å². The summed E-state index contributed by atoms with van der Waals surface area (Å²) in [7, 11) is 0. The highest BCUT2D eigenvalue weighted by Crippen LogP contribution is 2.40. The number of ketones is 1. The Balaban J connectivity index is 1.55. The molecule has 2 fully saturated rings. The van der Waals surface area contributed by atoms with Crippen LogP contribution >= 0.6 is 0 Å². The Morgan fingerprint density at radius 2 is 1.81 bits per heavy atom. The van der Waals surface area contributed by atoms with Crippen LogP contribution in [0.25, 0.3) is 11.4 Å². The lowest BCUT2D eigenvalue weighted by Crippen LogP contribution is -2.38. The zero-order valence-corrected chi connectivity index (χ0v) is 21.7. The van der Waals surface area contributed by atoms with Crippen LogP contribution in [0.1, 0.15) is 47.5 Å². The van der Waals surface area contributed by atoms with Gasteiger partial charge in [-0.3, -0.25) is 14.5 Å². The van der Waals surface area contributed by atoms with Gasteiger partial charge in [-0.05, 0) is 49.4 Å². The van der Waals surface area contributed by atoms with E-state index in [1.54, 1.807) is 4.90 Å². The predicted octanol–water partition coefficient (Wildman–Crippen LogP) is 3.66. The molecule has 3 aromatic rings. The first-order valence-corrected chi connectivity index (χ1v) is 13.0. The molecular formula is C29H34N4O4. The molecule has 2 saturated heterocycles. The molecule has 1 atom stereocenters. The molecule has 194 valence electrons. The third-order valence-corrected chi connectivity index (χ3v) is 7.53. The first-order chi connectivity index (χ1) is 17.9. The van der Waals surface area contributed by atoms with Gasteiger partial charge >= 0.3 is 0 Å². The van der Waals surface area contributed by atoms with Crippen molar-refractivity contribution < 1.29 is 19.4 Å². The van der Waals surface area contributed by atoms with E-state index in [9.17, 15) is 14.7 Å². The van der Waals surface area contributed by atoms with Crippen LogP contribution in [-0.4, -0.2) is 75.4 Å². The van der Waals surface area contributed by atoms with Gasteiger partial charge < -0.3 is 19.1 Å². The summed E-state index contributed by atoms with van der Waals surface area (Å²) in [6.45, 7) is 10.3. The van der Waals surface area contributed by atoms with Crippen LogP contribution in [-0.2, 0) is 20.7 Å². The molecule has 0 saturated carbocycles. The molecule has 8 heteroatoms. The number of hydrogen-bond donors (Lipinski definition) is 1. The van der Waals surface area contributed by atoms with Crippen LogP contribution < -0.4 is 0 Å². The fourth-order valence-electron chi connectivity index (χ4n) is 5.36. The monoisotopic (exact) mass is 502 g/mol. The second kappa shape index (κ2) is 10.5. The van der Waals surface area contributed by atoms with Gasteiger partial charge in [0.2, 0.25) is 0 Å². The van der Waals surface area contributed by atoms with Gasteiger partial charge in [0.15, 0.2) is 5.76 Å². The van der Waals surface area contributed by atoms with Crippen molar-refractivity contribution >= 4 is 23.1 Å². The van der Waals surface area contributed by atoms with E-state index < -0.39 is 17.7 Å². The number of aliphatic hydroxyl groups is 1. The van der Waals surface area contributed by atoms with Crippen LogP contribution in [0.5, 0.6) is 0 Å². The molecule has 2 aromatic heterocycles. The van der Waals surface area contributed by atoms with Crippen molar-refractivity contribution in [2.75, 3.05) is 39.4 Å². The SMILES string of the molecule is CCc1ccc(C2C(=C(O)c3nc4c(C)cccn4c3C)C(=O)C(=O)N2CCCN2CCOCC2)cc1. The lowest BCUT2D eigenvalue weighted by molar-refractivity contribution is -0.140. The number of rotatable bonds is 7. The minimum Gasteiger partial charge on any atom is -0.505 e. The summed E-state index contributed by atoms with van der Waals surface area (Å²) in [4.78, 5) is 35.4. The maximum absolute atomic E-state index is 13.4. The van der Waals surface area contributed by atoms with Gasteiger partial charge in [0.1, 0.15) is 11.3 Å². The molecule has 0 radical (unpaired) electrons. The lowest BCUT2D eigenvalue weighted by Gasteiger charge is -2.29. The van der Waals surface area contributed by atoms with Gasteiger partial charge in [-0.25, -0.2) is 4.98 Å². The Hall–Kier alpha value is -3.49. The largest absolute Gasteiger partial charge is 0.505 e. The van der Waals surface area contributed by atoms with E-state index in [1.165, 1.54) is 5.56 Å². The van der Waals surface area contributed by atoms with Gasteiger partial charge in [-0.1, -0.05) is 37.3 Å². The minimum atomic E-state index is -0.666. The number of carbonyl (C=O) groups excluding carboxylic acids is 2. The average Bonchev–Trinajstić information content (AvgIpc) is 3.39. The lowest BCUT2D eigenvalue weighted by atomic mass is 9.95. The van der Waals surface area contributed by atoms with E-state index in [-0.39, 0.29) is 11.3 Å². The van der Waals surface area contributed by atoms with Crippen molar-refractivity contribution in [3.8, 4) is 0 Å². The highest BCUT2D eigenvalue weighted by molar-refractivity contribution is 6.46. The number of benzene rings is 1. The Morgan fingerprint density at radius 3 is 2.49 bits per heavy atom. The molecule has 0 aliphatic carbocycles. The van der Waals surface area contributed by atoms with Crippen molar-refractivity contribution in [2.24, 2.45) is 0 Å². The number of hydrogen-bond acceptors (Lipinski definition) is 6. The Kier molecular flexibility index (Phi) is 7.13. The summed E-state index contributed by atoms with van der Waals surface area (Å²) in [6.07, 6.45) is 3.50. The number of imidazole rings is 1. The number of amides is 1. The Labute approximate surface area is 217 Å². The highest BCUT2D eigenvalue weighted by atomic mass is 16.5. The summed E-state index contributed by atoms with van der Waals surface area (Å²) in [6, 6.07) is 11.2. The number of likely N-dealkylation sites (tertiary alicyclic amines) is 1. The molecule has 2 aliphatic heterocycles. The number of carbonyl (C=O) groups is 2. The van der Waals surface area contributed by atoms with Gasteiger partial charge in [0, 0.05) is 32.4 Å². The second-order valence-electron chi connectivity index (χ2n) is 9.83. The molecule has 1 aromatic carbocycles. The standard InChI is InChI=1S/C29H34N4O4/c1-4-21-8-10-22(11-9-21)25-23(26(34)24-20(3)32-13-5-7-19(2)28(32)30-24)27(35)29(36)33(25)14-6-12-31-15-17-37-18-16-31/h5,7-11,13,25,34H,4,6,12,14-18H2,1-3H3. The minimum absolute atomic E-state index is 0.102. The Bertz CT molecular complexity index is 1350. The fourth-order valence-corrected chi connectivity index (χ4v) is 5.36. The summed E-state index contributed by atoms with van der Waals surface area (Å²) >= 11 is 0. The third kappa shape index (κ3) is 4.67. The van der Waals surface area contributed by atoms with Gasteiger partial charge in [0.25, 0.3) is 11.7 Å². The molecule has 0 bridgehead atoms. The number of morpholine rings is 1. The maximum atomic E-state index is 13.4. The number of aromatic nitrogens is 2. The quantitative estimate of drug-likeness (QED) is 0.302. The first-order valence-electron chi connectivity index (χ1n) is 13.0. The van der Waals surface area contributed by atoms with Crippen molar-refractivity contribution in [3.05, 3.63) is 76.2 Å². The van der Waals surface area contributed by atoms with Crippen molar-refractivity contribution in [1.82, 2.24) is 19.2 Å². The topological polar surface area (TPSA) is 87.4 Å². The van der Waals surface area contributed by atoms with Crippen LogP contribution in [0.15, 0.2) is 48.2 Å². The summed E-state index contributed by atoms with van der Waals surface area (Å²) in [5, 5.41) is 11.5. The maximum Gasteiger partial charge on any atom is 0.295 e. The summed E-state index contributed by atoms with van der Waals surface area (Å²) in [5.41, 5.74) is 4.79. The average molecular weight is 503 g/mol. The van der Waals surface area contributed by atoms with Crippen molar-refractivity contribution in [1.29, 1.82) is 0 Å². The normalized spacial score (nSPS) is 20.3. The first kappa shape index (κ1) is 25.2. The predicted molar refractivity (Wildman–Crippen MR) is 141 cm³/mol. The van der Waals surface area contributed by atoms with E-state index in [4.69, 9.17) is 4.74 Å². The van der Waals surface area contributed by atoms with Crippen LogP contribution in [0.3, 0.4) is 0 Å². The smallest absolute Gasteiger partial charge is 0.295 e. The second-order valence-corrected chi connectivity index (χ2v) is 9.83. The van der Waals surface area contributed by atoms with E-state index in [1.807, 2.05) is 60.8 Å². The van der Waals surface area contributed by atoms with E-state index in [2.05, 4.69) is 16.8 Å². The van der Waals surface area contributed by atoms with E-state index in [0.717, 1.165) is 49.3 Å². The molecule has 1 unspecified atom stereocenters. The third-order valence-electron chi connectivity index (χ3n) is 7.53. The van der Waals surface area contributed by atoms with Crippen molar-refractivity contribution in [3.63, 3.8) is 0 Å². The van der Waals surface area contributed by atoms with Crippen molar-refractivity contribution in [2.45, 2.75) is 39.7 Å². The van der Waals surface area contributed by atoms with E-state index in [0.29, 0.717) is 31.1 Å². The van der Waals surface area contributed by atoms with Gasteiger partial charge in [-0.15, -0.1) is 0 Å². The molecule has 2 aliphatic rings. The van der Waals surface area contributed by atoms with Gasteiger partial charge in [0.05, 0.1) is 30.5 Å². The molecule has 37 heavy (non-hydrogen) atoms. The fraction of sp³-hybridized carbons (Fsp3) is 0.414. The number of pyridine rings is 1. The molecule has 1 N–H and O–H groups in total. The highest BCUT2D eigenvalue weighted by Gasteiger charge is 2.46. The molecule has 4 heterocycles. The number of ether oxygens (including phenoxy) is 1. The number of nitrogens with zero attached hydrogens (tertiary/aromatic N) is 4. The number of aryl methyl sites for hydroxylation is 3. The molecule has 0 spiro atoms. The number of aliphatic hydroxyl groups excluding tert-OH is 1. The summed E-state index contributed by atoms with van der Waals surface area (Å²) < 4.78 is 7.33. The number of fused-ring (bicyclic) bond motifs is 1. The van der Waals surface area contributed by atoms with Crippen LogP contribution in [0.2, 0.25) is 0 Å². The van der Waals surface area contributed by atoms with Crippen LogP contribution in [0.4, 0.5) is 0 Å². The molecule has 1 amide bonds. The zero-order valence-electron chi connectivity index (χ0n) is 21.7. The Morgan fingerprint density at radius 1 is 1.08 bits per heavy atom.